The molecule has 0 saturated carbocycles. The second-order valence-corrected chi connectivity index (χ2v) is 6.44. The number of nitrogens with one attached hydrogen (secondary N) is 1. The lowest BCUT2D eigenvalue weighted by atomic mass is 9.89. The van der Waals surface area contributed by atoms with Gasteiger partial charge in [-0.1, -0.05) is 19.1 Å². The summed E-state index contributed by atoms with van der Waals surface area (Å²) in [4.78, 5) is 0. The molecule has 9 heteroatoms. The van der Waals surface area contributed by atoms with Gasteiger partial charge in [-0.2, -0.15) is 10.5 Å². The van der Waals surface area contributed by atoms with E-state index in [2.05, 4.69) is 36.9 Å². The van der Waals surface area contributed by atoms with Gasteiger partial charge in [-0.05, 0) is 37.1 Å². The zero-order valence-corrected chi connectivity index (χ0v) is 14.6. The Morgan fingerprint density at radius 3 is 2.50 bits per heavy atom. The highest BCUT2D eigenvalue weighted by atomic mass is 16.4. The average Bonchev–Trinajstić information content (AvgIpc) is 3.33. The second-order valence-electron chi connectivity index (χ2n) is 6.44. The number of hydrogen-bond acceptors (Lipinski definition) is 8. The number of benzene rings is 1. The monoisotopic (exact) mass is 352 g/mol. The van der Waals surface area contributed by atoms with E-state index >= 15 is 0 Å². The number of H-pyrrole nitrogens is 1. The van der Waals surface area contributed by atoms with E-state index in [9.17, 15) is 5.26 Å². The summed E-state index contributed by atoms with van der Waals surface area (Å²) in [6.07, 6.45) is 1.25. The lowest BCUT2D eigenvalue weighted by molar-refractivity contribution is 0.402. The van der Waals surface area contributed by atoms with Crippen LogP contribution >= 0.6 is 0 Å². The summed E-state index contributed by atoms with van der Waals surface area (Å²) < 4.78 is 5.78. The molecule has 3 atom stereocenters. The van der Waals surface area contributed by atoms with Crippen LogP contribution in [0, 0.1) is 17.2 Å². The van der Waals surface area contributed by atoms with Crippen LogP contribution in [0.2, 0.25) is 0 Å². The Kier molecular flexibility index (Phi) is 5.22. The van der Waals surface area contributed by atoms with Crippen LogP contribution in [0.4, 0.5) is 5.69 Å². The Bertz CT molecular complexity index is 865. The highest BCUT2D eigenvalue weighted by Gasteiger charge is 2.23. The molecule has 9 nitrogen and oxygen atoms in total. The molecule has 0 bridgehead atoms. The number of nitriles is 1. The molecule has 0 aliphatic heterocycles. The summed E-state index contributed by atoms with van der Waals surface area (Å²) in [5, 5.41) is 31.7. The summed E-state index contributed by atoms with van der Waals surface area (Å²) in [5.74, 6) is 1.40. The molecule has 0 fully saturated rings. The van der Waals surface area contributed by atoms with E-state index in [1.165, 1.54) is 0 Å². The second kappa shape index (κ2) is 7.74. The minimum Gasteiger partial charge on any atom is -0.420 e. The zero-order chi connectivity index (χ0) is 18.5. The fourth-order valence-corrected chi connectivity index (χ4v) is 2.82. The fourth-order valence-electron chi connectivity index (χ4n) is 2.82. The zero-order valence-electron chi connectivity index (χ0n) is 14.6. The van der Waals surface area contributed by atoms with Crippen LogP contribution in [0.3, 0.4) is 0 Å². The number of nitrogens with two attached hydrogens (primary N) is 1. The van der Waals surface area contributed by atoms with Gasteiger partial charge in [0.15, 0.2) is 5.82 Å². The van der Waals surface area contributed by atoms with Gasteiger partial charge >= 0.3 is 0 Å². The summed E-state index contributed by atoms with van der Waals surface area (Å²) in [7, 11) is 0. The standard InChI is InChI=1S/C17H20N8O/c1-10(15-20-24-25-21-15)7-12(9-18)8-11(2)16-22-23-17(26-16)13-3-5-14(19)6-4-13/h3-6,10-12H,7-8,19H2,1-2H3,(H,20,21,24,25). The van der Waals surface area contributed by atoms with E-state index in [-0.39, 0.29) is 17.8 Å². The molecule has 0 spiro atoms. The van der Waals surface area contributed by atoms with E-state index in [1.807, 2.05) is 26.0 Å². The van der Waals surface area contributed by atoms with Crippen molar-refractivity contribution in [2.24, 2.45) is 5.92 Å². The molecule has 2 aromatic heterocycles. The molecule has 3 unspecified atom stereocenters. The van der Waals surface area contributed by atoms with E-state index < -0.39 is 0 Å². The fraction of sp³-hybridized carbons (Fsp3) is 0.412. The number of nitrogens with zero attached hydrogens (tertiary/aromatic N) is 6. The van der Waals surface area contributed by atoms with Gasteiger partial charge in [0.05, 0.1) is 6.07 Å². The van der Waals surface area contributed by atoms with Crippen LogP contribution in [-0.2, 0) is 0 Å². The van der Waals surface area contributed by atoms with Crippen molar-refractivity contribution >= 4 is 5.69 Å². The van der Waals surface area contributed by atoms with Crippen molar-refractivity contribution in [3.8, 4) is 17.5 Å². The van der Waals surface area contributed by atoms with Gasteiger partial charge < -0.3 is 10.2 Å². The normalized spacial score (nSPS) is 14.5. The van der Waals surface area contributed by atoms with Gasteiger partial charge in [0, 0.05) is 29.0 Å². The van der Waals surface area contributed by atoms with Crippen molar-refractivity contribution in [2.45, 2.75) is 38.5 Å². The first-order valence-corrected chi connectivity index (χ1v) is 8.39. The summed E-state index contributed by atoms with van der Waals surface area (Å²) >= 11 is 0. The first-order valence-electron chi connectivity index (χ1n) is 8.39. The SMILES string of the molecule is CC(CC(C#N)CC(C)c1nnc(-c2ccc(N)cc2)o1)c1nn[nH]n1. The maximum absolute atomic E-state index is 9.48. The van der Waals surface area contributed by atoms with Crippen molar-refractivity contribution < 1.29 is 4.42 Å². The Hall–Kier alpha value is -3.28. The predicted molar refractivity (Wildman–Crippen MR) is 93.5 cm³/mol. The minimum absolute atomic E-state index is 0.0350. The quantitative estimate of drug-likeness (QED) is 0.618. The average molecular weight is 352 g/mol. The highest BCUT2D eigenvalue weighted by molar-refractivity contribution is 5.56. The molecule has 2 heterocycles. The number of nitrogen functional groups attached to an aromatic ring is 1. The number of tetrazole rings is 1. The van der Waals surface area contributed by atoms with Gasteiger partial charge in [0.2, 0.25) is 11.8 Å². The van der Waals surface area contributed by atoms with Crippen LogP contribution in [0.1, 0.15) is 50.2 Å². The first-order chi connectivity index (χ1) is 12.6. The Labute approximate surface area is 150 Å². The summed E-state index contributed by atoms with van der Waals surface area (Å²) in [6.45, 7) is 3.95. The van der Waals surface area contributed by atoms with Gasteiger partial charge in [-0.3, -0.25) is 0 Å². The summed E-state index contributed by atoms with van der Waals surface area (Å²) in [5.41, 5.74) is 7.18. The van der Waals surface area contributed by atoms with E-state index in [0.29, 0.717) is 36.1 Å². The Morgan fingerprint density at radius 2 is 1.85 bits per heavy atom. The maximum atomic E-state index is 9.48. The van der Waals surface area contributed by atoms with Crippen LogP contribution in [0.5, 0.6) is 0 Å². The minimum atomic E-state index is -0.176. The van der Waals surface area contributed by atoms with E-state index in [4.69, 9.17) is 10.2 Å². The van der Waals surface area contributed by atoms with Crippen molar-refractivity contribution in [2.75, 3.05) is 5.73 Å². The van der Waals surface area contributed by atoms with Crippen molar-refractivity contribution in [3.05, 3.63) is 36.0 Å². The topological polar surface area (TPSA) is 143 Å². The largest absolute Gasteiger partial charge is 0.420 e. The maximum Gasteiger partial charge on any atom is 0.247 e. The van der Waals surface area contributed by atoms with E-state index in [0.717, 1.165) is 5.56 Å². The summed E-state index contributed by atoms with van der Waals surface area (Å²) in [6, 6.07) is 9.59. The smallest absolute Gasteiger partial charge is 0.247 e. The van der Waals surface area contributed by atoms with Gasteiger partial charge in [-0.15, -0.1) is 20.4 Å². The van der Waals surface area contributed by atoms with Crippen LogP contribution in [0.25, 0.3) is 11.5 Å². The van der Waals surface area contributed by atoms with E-state index in [1.54, 1.807) is 12.1 Å². The molecule has 0 saturated heterocycles. The molecular formula is C17H20N8O. The van der Waals surface area contributed by atoms with Gasteiger partial charge in [-0.25, -0.2) is 0 Å². The van der Waals surface area contributed by atoms with Crippen LogP contribution in [0.15, 0.2) is 28.7 Å². The lowest BCUT2D eigenvalue weighted by Gasteiger charge is -2.15. The van der Waals surface area contributed by atoms with Crippen molar-refractivity contribution in [1.29, 1.82) is 5.26 Å². The predicted octanol–water partition coefficient (Wildman–Crippen LogP) is 2.66. The molecule has 0 radical (unpaired) electrons. The van der Waals surface area contributed by atoms with Gasteiger partial charge in [0.25, 0.3) is 0 Å². The molecule has 3 aromatic rings. The van der Waals surface area contributed by atoms with Crippen LogP contribution in [-0.4, -0.2) is 30.8 Å². The Morgan fingerprint density at radius 1 is 1.12 bits per heavy atom. The number of rotatable bonds is 7. The third-order valence-electron chi connectivity index (χ3n) is 4.28. The third kappa shape index (κ3) is 4.03. The number of hydrogen-bond donors (Lipinski definition) is 2. The number of aromatic amines is 1. The van der Waals surface area contributed by atoms with Crippen LogP contribution < -0.4 is 5.73 Å². The molecule has 3 N–H and O–H groups in total. The molecule has 3 rings (SSSR count). The molecule has 0 amide bonds. The molecule has 134 valence electrons. The lowest BCUT2D eigenvalue weighted by Crippen LogP contribution is -2.09. The number of anilines is 1. The third-order valence-corrected chi connectivity index (χ3v) is 4.28. The van der Waals surface area contributed by atoms with Gasteiger partial charge in [0.1, 0.15) is 0 Å². The van der Waals surface area contributed by atoms with Crippen molar-refractivity contribution in [3.63, 3.8) is 0 Å². The first kappa shape index (κ1) is 17.5. The molecule has 0 aliphatic carbocycles. The molecule has 1 aromatic carbocycles. The molecule has 26 heavy (non-hydrogen) atoms. The van der Waals surface area contributed by atoms with Crippen molar-refractivity contribution in [1.82, 2.24) is 30.8 Å². The number of aromatic nitrogens is 6. The molecule has 0 aliphatic rings. The highest BCUT2D eigenvalue weighted by Crippen LogP contribution is 2.30. The molecular weight excluding hydrogens is 332 g/mol. The Balaban J connectivity index is 1.64.